The highest BCUT2D eigenvalue weighted by Gasteiger charge is 2.19. The van der Waals surface area contributed by atoms with Crippen LogP contribution in [0.15, 0.2) is 23.1 Å². The Labute approximate surface area is 122 Å². The highest BCUT2D eigenvalue weighted by molar-refractivity contribution is 8.13. The molecule has 0 saturated heterocycles. The first-order chi connectivity index (χ1) is 9.40. The maximum atomic E-state index is 11.9. The minimum Gasteiger partial charge on any atom is -0.496 e. The van der Waals surface area contributed by atoms with Crippen molar-refractivity contribution in [3.63, 3.8) is 0 Å². The van der Waals surface area contributed by atoms with E-state index in [0.717, 1.165) is 6.07 Å². The topological polar surface area (TPSA) is 78.9 Å². The summed E-state index contributed by atoms with van der Waals surface area (Å²) in [5.74, 6) is -0.467. The minimum absolute atomic E-state index is 0.00615. The second-order valence-corrected chi connectivity index (χ2v) is 6.35. The molecular weight excluding hydrogens is 308 g/mol. The molecule has 1 rings (SSSR count). The molecule has 1 aromatic rings. The average molecular weight is 323 g/mol. The van der Waals surface area contributed by atoms with Gasteiger partial charge in [0.2, 0.25) is 0 Å². The van der Waals surface area contributed by atoms with Gasteiger partial charge in [-0.15, -0.1) is 0 Å². The quantitative estimate of drug-likeness (QED) is 0.433. The lowest BCUT2D eigenvalue weighted by Crippen LogP contribution is -2.10. The van der Waals surface area contributed by atoms with E-state index in [2.05, 4.69) is 0 Å². The number of rotatable bonds is 7. The van der Waals surface area contributed by atoms with E-state index in [1.54, 1.807) is 7.11 Å². The first-order valence-electron chi connectivity index (χ1n) is 5.69. The van der Waals surface area contributed by atoms with Crippen molar-refractivity contribution in [2.24, 2.45) is 0 Å². The zero-order valence-electron chi connectivity index (χ0n) is 11.1. The van der Waals surface area contributed by atoms with Crippen molar-refractivity contribution in [1.82, 2.24) is 0 Å². The van der Waals surface area contributed by atoms with E-state index in [1.807, 2.05) is 0 Å². The number of hydrogen-bond donors (Lipinski definition) is 0. The van der Waals surface area contributed by atoms with Crippen LogP contribution < -0.4 is 4.74 Å². The standard InChI is InChI=1S/C12H15ClO6S/c1-17-6-3-7-19-12(14)10-8-9(20(13,15)16)4-5-11(10)18-2/h4-5,8H,3,6-7H2,1-2H3. The lowest BCUT2D eigenvalue weighted by molar-refractivity contribution is 0.0464. The molecule has 1 aromatic carbocycles. The molecule has 0 spiro atoms. The highest BCUT2D eigenvalue weighted by Crippen LogP contribution is 2.25. The van der Waals surface area contributed by atoms with Gasteiger partial charge in [0, 0.05) is 30.8 Å². The van der Waals surface area contributed by atoms with E-state index >= 15 is 0 Å². The van der Waals surface area contributed by atoms with Crippen LogP contribution in [-0.2, 0) is 18.5 Å². The molecule has 0 atom stereocenters. The molecule has 8 heteroatoms. The van der Waals surface area contributed by atoms with Crippen molar-refractivity contribution in [2.75, 3.05) is 27.4 Å². The predicted molar refractivity (Wildman–Crippen MR) is 72.8 cm³/mol. The zero-order valence-corrected chi connectivity index (χ0v) is 12.7. The summed E-state index contributed by atoms with van der Waals surface area (Å²) in [4.78, 5) is 11.7. The van der Waals surface area contributed by atoms with Crippen LogP contribution in [0.5, 0.6) is 5.75 Å². The van der Waals surface area contributed by atoms with Crippen LogP contribution >= 0.6 is 10.7 Å². The molecule has 0 aliphatic heterocycles. The predicted octanol–water partition coefficient (Wildman–Crippen LogP) is 1.82. The number of esters is 1. The van der Waals surface area contributed by atoms with Gasteiger partial charge in [-0.3, -0.25) is 0 Å². The fraction of sp³-hybridized carbons (Fsp3) is 0.417. The monoisotopic (exact) mass is 322 g/mol. The molecule has 6 nitrogen and oxygen atoms in total. The van der Waals surface area contributed by atoms with Crippen LogP contribution in [0.25, 0.3) is 0 Å². The smallest absolute Gasteiger partial charge is 0.341 e. The van der Waals surface area contributed by atoms with E-state index in [9.17, 15) is 13.2 Å². The van der Waals surface area contributed by atoms with E-state index in [0.29, 0.717) is 13.0 Å². The van der Waals surface area contributed by atoms with Gasteiger partial charge in [0.25, 0.3) is 9.05 Å². The highest BCUT2D eigenvalue weighted by atomic mass is 35.7. The first kappa shape index (κ1) is 16.7. The van der Waals surface area contributed by atoms with Gasteiger partial charge in [0.1, 0.15) is 11.3 Å². The molecule has 0 bridgehead atoms. The van der Waals surface area contributed by atoms with E-state index in [1.165, 1.54) is 19.2 Å². The summed E-state index contributed by atoms with van der Waals surface area (Å²) in [6.07, 6.45) is 0.540. The van der Waals surface area contributed by atoms with Crippen LogP contribution in [0, 0.1) is 0 Å². The molecule has 0 aliphatic rings. The molecule has 0 radical (unpaired) electrons. The maximum absolute atomic E-state index is 11.9. The van der Waals surface area contributed by atoms with Crippen LogP contribution in [-0.4, -0.2) is 41.8 Å². The summed E-state index contributed by atoms with van der Waals surface area (Å²) >= 11 is 0. The largest absolute Gasteiger partial charge is 0.496 e. The third-order valence-electron chi connectivity index (χ3n) is 2.40. The second-order valence-electron chi connectivity index (χ2n) is 3.78. The number of carbonyl (C=O) groups is 1. The summed E-state index contributed by atoms with van der Waals surface area (Å²) in [7, 11) is 4.22. The molecule has 0 saturated carbocycles. The molecule has 0 aliphatic carbocycles. The Kier molecular flexibility index (Phi) is 6.25. The van der Waals surface area contributed by atoms with Crippen molar-refractivity contribution in [3.05, 3.63) is 23.8 Å². The number of hydrogen-bond acceptors (Lipinski definition) is 6. The maximum Gasteiger partial charge on any atom is 0.341 e. The van der Waals surface area contributed by atoms with Crippen molar-refractivity contribution >= 4 is 25.7 Å². The summed E-state index contributed by atoms with van der Waals surface area (Å²) in [6, 6.07) is 3.73. The molecule has 0 aromatic heterocycles. The summed E-state index contributed by atoms with van der Waals surface area (Å²) in [6.45, 7) is 0.619. The number of methoxy groups -OCH3 is 2. The van der Waals surface area contributed by atoms with Crippen LogP contribution in [0.2, 0.25) is 0 Å². The van der Waals surface area contributed by atoms with Gasteiger partial charge in [0.15, 0.2) is 0 Å². The lowest BCUT2D eigenvalue weighted by Gasteiger charge is -2.09. The van der Waals surface area contributed by atoms with Gasteiger partial charge in [-0.25, -0.2) is 13.2 Å². The van der Waals surface area contributed by atoms with Crippen molar-refractivity contribution < 1.29 is 27.4 Å². The van der Waals surface area contributed by atoms with Crippen LogP contribution in [0.1, 0.15) is 16.8 Å². The van der Waals surface area contributed by atoms with Crippen LogP contribution in [0.3, 0.4) is 0 Å². The van der Waals surface area contributed by atoms with Crippen molar-refractivity contribution in [2.45, 2.75) is 11.3 Å². The molecule has 0 fully saturated rings. The van der Waals surface area contributed by atoms with Crippen molar-refractivity contribution in [1.29, 1.82) is 0 Å². The summed E-state index contributed by atoms with van der Waals surface area (Å²) < 4.78 is 37.4. The number of benzene rings is 1. The number of halogens is 1. The Morgan fingerprint density at radius 1 is 1.25 bits per heavy atom. The average Bonchev–Trinajstić information content (AvgIpc) is 2.41. The Morgan fingerprint density at radius 2 is 1.95 bits per heavy atom. The molecule has 0 amide bonds. The molecule has 0 heterocycles. The lowest BCUT2D eigenvalue weighted by atomic mass is 10.2. The van der Waals surface area contributed by atoms with E-state index in [4.69, 9.17) is 24.9 Å². The Bertz CT molecular complexity index is 569. The van der Waals surface area contributed by atoms with Gasteiger partial charge < -0.3 is 14.2 Å². The van der Waals surface area contributed by atoms with Crippen molar-refractivity contribution in [3.8, 4) is 5.75 Å². The molecule has 0 unspecified atom stereocenters. The van der Waals surface area contributed by atoms with Gasteiger partial charge in [-0.05, 0) is 18.2 Å². The Balaban J connectivity index is 2.93. The second kappa shape index (κ2) is 7.47. The zero-order chi connectivity index (χ0) is 15.2. The van der Waals surface area contributed by atoms with E-state index < -0.39 is 15.0 Å². The molecule has 0 N–H and O–H groups in total. The summed E-state index contributed by atoms with van der Waals surface area (Å²) in [5, 5.41) is 0. The van der Waals surface area contributed by atoms with Gasteiger partial charge >= 0.3 is 5.97 Å². The molecule has 20 heavy (non-hydrogen) atoms. The first-order valence-corrected chi connectivity index (χ1v) is 8.00. The SMILES string of the molecule is COCCCOC(=O)c1cc(S(=O)(=O)Cl)ccc1OC. The Morgan fingerprint density at radius 3 is 2.50 bits per heavy atom. The van der Waals surface area contributed by atoms with Gasteiger partial charge in [0.05, 0.1) is 18.6 Å². The third-order valence-corrected chi connectivity index (χ3v) is 3.75. The van der Waals surface area contributed by atoms with Crippen LogP contribution in [0.4, 0.5) is 0 Å². The fourth-order valence-electron chi connectivity index (χ4n) is 1.44. The number of carbonyl (C=O) groups excluding carboxylic acids is 1. The van der Waals surface area contributed by atoms with Gasteiger partial charge in [-0.1, -0.05) is 0 Å². The molecule has 112 valence electrons. The fourth-order valence-corrected chi connectivity index (χ4v) is 2.22. The number of ether oxygens (including phenoxy) is 3. The summed E-state index contributed by atoms with van der Waals surface area (Å²) in [5.41, 5.74) is 0.00615. The third kappa shape index (κ3) is 4.66. The molecular formula is C12H15ClO6S. The van der Waals surface area contributed by atoms with Gasteiger partial charge in [-0.2, -0.15) is 0 Å². The normalized spacial score (nSPS) is 11.2. The van der Waals surface area contributed by atoms with E-state index in [-0.39, 0.29) is 22.8 Å². The minimum atomic E-state index is -3.92. The Hall–Kier alpha value is -1.31.